The lowest BCUT2D eigenvalue weighted by molar-refractivity contribution is -0.129. The van der Waals surface area contributed by atoms with Gasteiger partial charge in [-0.25, -0.2) is 0 Å². The molecule has 33 heavy (non-hydrogen) atoms. The molecule has 0 unspecified atom stereocenters. The van der Waals surface area contributed by atoms with Gasteiger partial charge in [0.15, 0.2) is 0 Å². The van der Waals surface area contributed by atoms with Gasteiger partial charge in [0.1, 0.15) is 13.6 Å². The van der Waals surface area contributed by atoms with Gasteiger partial charge in [-0.1, -0.05) is 88.5 Å². The number of hydrogen-bond acceptors (Lipinski definition) is 3. The van der Waals surface area contributed by atoms with E-state index >= 15 is 0 Å². The van der Waals surface area contributed by atoms with Crippen LogP contribution >= 0.6 is 23.2 Å². The Morgan fingerprint density at radius 2 is 0.697 bits per heavy atom. The van der Waals surface area contributed by atoms with Crippen molar-refractivity contribution >= 4 is 23.2 Å². The van der Waals surface area contributed by atoms with Crippen molar-refractivity contribution in [1.29, 1.82) is 0 Å². The number of allylic oxidation sites excluding steroid dienone is 2. The van der Waals surface area contributed by atoms with E-state index in [2.05, 4.69) is 24.3 Å². The van der Waals surface area contributed by atoms with Crippen LogP contribution in [0.3, 0.4) is 0 Å². The Morgan fingerprint density at radius 1 is 0.364 bits per heavy atom. The van der Waals surface area contributed by atoms with Crippen LogP contribution in [0.4, 0.5) is 0 Å². The van der Waals surface area contributed by atoms with Crippen LogP contribution in [0.15, 0.2) is 24.3 Å². The summed E-state index contributed by atoms with van der Waals surface area (Å²) in [7, 11) is 0. The topological polar surface area (TPSA) is 27.7 Å². The van der Waals surface area contributed by atoms with Crippen molar-refractivity contribution in [1.82, 2.24) is 0 Å². The highest BCUT2D eigenvalue weighted by molar-refractivity contribution is 6.18. The first-order valence-corrected chi connectivity index (χ1v) is 14.6. The van der Waals surface area contributed by atoms with Crippen LogP contribution < -0.4 is 0 Å². The largest absolute Gasteiger partial charge is 0.355 e. The minimum absolute atomic E-state index is 0.305. The minimum Gasteiger partial charge on any atom is -0.355 e. The maximum absolute atomic E-state index is 5.68. The van der Waals surface area contributed by atoms with Crippen LogP contribution in [-0.4, -0.2) is 38.6 Å². The van der Waals surface area contributed by atoms with Gasteiger partial charge < -0.3 is 14.2 Å². The van der Waals surface area contributed by atoms with Crippen molar-refractivity contribution in [3.63, 3.8) is 0 Å². The number of rotatable bonds is 28. The van der Waals surface area contributed by atoms with Gasteiger partial charge in [-0.05, 0) is 51.4 Å². The fraction of sp³-hybridized carbons (Fsp3) is 0.857. The van der Waals surface area contributed by atoms with Crippen molar-refractivity contribution in [3.05, 3.63) is 24.3 Å². The number of alkyl halides is 2. The Hall–Kier alpha value is -0.0600. The highest BCUT2D eigenvalue weighted by Gasteiger charge is 1.93. The molecule has 0 saturated carbocycles. The normalized spacial score (nSPS) is 11.9. The third-order valence-corrected chi connectivity index (χ3v) is 6.07. The summed E-state index contributed by atoms with van der Waals surface area (Å²) in [4.78, 5) is 0. The Bertz CT molecular complexity index is 367. The summed E-state index contributed by atoms with van der Waals surface area (Å²) in [5, 5.41) is 0. The fourth-order valence-corrected chi connectivity index (χ4v) is 3.90. The molecule has 0 heterocycles. The zero-order valence-corrected chi connectivity index (χ0v) is 22.8. The van der Waals surface area contributed by atoms with Crippen LogP contribution in [0.1, 0.15) is 116 Å². The van der Waals surface area contributed by atoms with E-state index in [0.29, 0.717) is 26.8 Å². The summed E-state index contributed by atoms with van der Waals surface area (Å²) < 4.78 is 16.3. The van der Waals surface area contributed by atoms with Crippen LogP contribution in [0, 0.1) is 0 Å². The predicted molar refractivity (Wildman–Crippen MR) is 146 cm³/mol. The Kier molecular flexibility index (Phi) is 31.9. The standard InChI is InChI=1S/C28H52Cl2O3/c29-23-19-15-11-7-3-1-5-9-13-17-21-25-31-27-33-28-32-26-22-18-14-10-6-2-4-8-12-16-20-24-30/h13-14,17-18H,1-12,15-16,19-28H2. The van der Waals surface area contributed by atoms with Gasteiger partial charge in [0.05, 0.1) is 13.2 Å². The summed E-state index contributed by atoms with van der Waals surface area (Å²) in [6, 6.07) is 0. The van der Waals surface area contributed by atoms with Crippen molar-refractivity contribution < 1.29 is 14.2 Å². The molecule has 0 atom stereocenters. The van der Waals surface area contributed by atoms with Gasteiger partial charge in [0.25, 0.3) is 0 Å². The fourth-order valence-electron chi connectivity index (χ4n) is 3.53. The van der Waals surface area contributed by atoms with Gasteiger partial charge in [-0.2, -0.15) is 0 Å². The van der Waals surface area contributed by atoms with Gasteiger partial charge in [-0.3, -0.25) is 0 Å². The first-order valence-electron chi connectivity index (χ1n) is 13.6. The molecular weight excluding hydrogens is 455 g/mol. The van der Waals surface area contributed by atoms with E-state index in [1.165, 1.54) is 103 Å². The Morgan fingerprint density at radius 3 is 1.09 bits per heavy atom. The van der Waals surface area contributed by atoms with E-state index in [-0.39, 0.29) is 0 Å². The summed E-state index contributed by atoms with van der Waals surface area (Å²) in [6.45, 7) is 2.01. The number of halogens is 2. The third-order valence-electron chi connectivity index (χ3n) is 5.53. The van der Waals surface area contributed by atoms with Crippen LogP contribution in [-0.2, 0) is 14.2 Å². The third kappa shape index (κ3) is 31.9. The molecule has 0 spiro atoms. The molecule has 0 aromatic heterocycles. The molecule has 3 nitrogen and oxygen atoms in total. The number of ether oxygens (including phenoxy) is 3. The van der Waals surface area contributed by atoms with Gasteiger partial charge in [0.2, 0.25) is 0 Å². The van der Waals surface area contributed by atoms with E-state index < -0.39 is 0 Å². The van der Waals surface area contributed by atoms with E-state index in [1.807, 2.05) is 0 Å². The average Bonchev–Trinajstić information content (AvgIpc) is 2.83. The maximum Gasteiger partial charge on any atom is 0.149 e. The summed E-state index contributed by atoms with van der Waals surface area (Å²) >= 11 is 11.4. The molecule has 196 valence electrons. The molecule has 0 radical (unpaired) electrons. The molecule has 0 saturated heterocycles. The zero-order chi connectivity index (χ0) is 23.9. The van der Waals surface area contributed by atoms with E-state index in [4.69, 9.17) is 37.4 Å². The molecule has 0 fully saturated rings. The van der Waals surface area contributed by atoms with E-state index in [1.54, 1.807) is 0 Å². The first-order chi connectivity index (χ1) is 16.4. The quantitative estimate of drug-likeness (QED) is 0.0457. The van der Waals surface area contributed by atoms with Crippen molar-refractivity contribution in [2.45, 2.75) is 116 Å². The Labute approximate surface area is 215 Å². The molecule has 0 aliphatic carbocycles. The monoisotopic (exact) mass is 506 g/mol. The second-order valence-electron chi connectivity index (χ2n) is 8.68. The van der Waals surface area contributed by atoms with E-state index in [0.717, 1.165) is 24.6 Å². The van der Waals surface area contributed by atoms with Crippen LogP contribution in [0.25, 0.3) is 0 Å². The number of unbranched alkanes of at least 4 members (excludes halogenated alkanes) is 14. The van der Waals surface area contributed by atoms with Crippen LogP contribution in [0.5, 0.6) is 0 Å². The van der Waals surface area contributed by atoms with Gasteiger partial charge in [-0.15, -0.1) is 23.2 Å². The molecule has 0 amide bonds. The smallest absolute Gasteiger partial charge is 0.149 e. The molecule has 5 heteroatoms. The lowest BCUT2D eigenvalue weighted by Crippen LogP contribution is -2.05. The van der Waals surface area contributed by atoms with Crippen molar-refractivity contribution in [3.8, 4) is 0 Å². The molecular formula is C28H52Cl2O3. The first kappa shape index (κ1) is 32.9. The molecule has 0 aromatic carbocycles. The summed E-state index contributed by atoms with van der Waals surface area (Å²) in [6.07, 6.45) is 31.5. The molecule has 0 aliphatic rings. The van der Waals surface area contributed by atoms with Gasteiger partial charge in [0, 0.05) is 11.8 Å². The molecule has 0 N–H and O–H groups in total. The molecule has 0 bridgehead atoms. The maximum atomic E-state index is 5.68. The summed E-state index contributed by atoms with van der Waals surface area (Å²) in [5.74, 6) is 1.62. The summed E-state index contributed by atoms with van der Waals surface area (Å²) in [5.41, 5.74) is 0. The highest BCUT2D eigenvalue weighted by Crippen LogP contribution is 2.10. The Balaban J connectivity index is 3.12. The lowest BCUT2D eigenvalue weighted by atomic mass is 10.1. The highest BCUT2D eigenvalue weighted by atomic mass is 35.5. The average molecular weight is 508 g/mol. The van der Waals surface area contributed by atoms with E-state index in [9.17, 15) is 0 Å². The van der Waals surface area contributed by atoms with Gasteiger partial charge >= 0.3 is 0 Å². The molecule has 0 aliphatic heterocycles. The lowest BCUT2D eigenvalue weighted by Gasteiger charge is -2.05. The predicted octanol–water partition coefficient (Wildman–Crippen LogP) is 9.56. The second-order valence-corrected chi connectivity index (χ2v) is 9.44. The molecule has 0 rings (SSSR count). The van der Waals surface area contributed by atoms with Crippen molar-refractivity contribution in [2.75, 3.05) is 38.6 Å². The zero-order valence-electron chi connectivity index (χ0n) is 21.3. The van der Waals surface area contributed by atoms with Crippen LogP contribution in [0.2, 0.25) is 0 Å². The SMILES string of the molecule is ClCCCCCCCCCC=CCCOCOCOCCC=CCCCCCCCCCCl. The molecule has 0 aromatic rings. The van der Waals surface area contributed by atoms with Crippen molar-refractivity contribution in [2.24, 2.45) is 0 Å². The number of hydrogen-bond donors (Lipinski definition) is 0. The second kappa shape index (κ2) is 31.9. The minimum atomic E-state index is 0.305.